The molecule has 0 fully saturated rings. The molecule has 1 aromatic carbocycles. The number of nitrogens with zero attached hydrogens (tertiary/aromatic N) is 3. The number of rotatable bonds is 3. The average molecular weight is 293 g/mol. The lowest BCUT2D eigenvalue weighted by molar-refractivity contribution is 0.399. The Morgan fingerprint density at radius 3 is 2.82 bits per heavy atom. The third-order valence-corrected chi connectivity index (χ3v) is 3.93. The zero-order valence-electron chi connectivity index (χ0n) is 12.2. The second kappa shape index (κ2) is 5.26. The molecule has 1 aliphatic carbocycles. The summed E-state index contributed by atoms with van der Waals surface area (Å²) in [4.78, 5) is 12.7. The van der Waals surface area contributed by atoms with Gasteiger partial charge in [-0.15, -0.1) is 0 Å². The molecule has 0 saturated carbocycles. The van der Waals surface area contributed by atoms with E-state index in [1.807, 2.05) is 12.1 Å². The monoisotopic (exact) mass is 293 g/mol. The van der Waals surface area contributed by atoms with Crippen LogP contribution in [-0.4, -0.2) is 22.1 Å². The molecule has 0 saturated heterocycles. The molecular formula is C17H15N3O2. The van der Waals surface area contributed by atoms with Crippen molar-refractivity contribution in [3.8, 4) is 17.5 Å². The first-order valence-corrected chi connectivity index (χ1v) is 7.29. The number of ether oxygens (including phenoxy) is 2. The topological polar surface area (TPSA) is 57.1 Å². The molecule has 4 rings (SSSR count). The number of benzene rings is 1. The molecule has 2 aromatic heterocycles. The zero-order chi connectivity index (χ0) is 14.9. The van der Waals surface area contributed by atoms with E-state index in [0.29, 0.717) is 17.4 Å². The van der Waals surface area contributed by atoms with Gasteiger partial charge in [-0.1, -0.05) is 6.07 Å². The van der Waals surface area contributed by atoms with Gasteiger partial charge in [0.2, 0.25) is 11.8 Å². The summed E-state index contributed by atoms with van der Waals surface area (Å²) in [6, 6.07) is 9.88. The van der Waals surface area contributed by atoms with Gasteiger partial charge in [0, 0.05) is 6.07 Å². The lowest BCUT2D eigenvalue weighted by Crippen LogP contribution is -1.95. The van der Waals surface area contributed by atoms with Crippen molar-refractivity contribution in [2.75, 3.05) is 7.11 Å². The van der Waals surface area contributed by atoms with Crippen LogP contribution >= 0.6 is 0 Å². The van der Waals surface area contributed by atoms with Crippen molar-refractivity contribution >= 4 is 11.0 Å². The van der Waals surface area contributed by atoms with Gasteiger partial charge in [0.1, 0.15) is 12.1 Å². The van der Waals surface area contributed by atoms with Gasteiger partial charge in [-0.25, -0.2) is 9.97 Å². The van der Waals surface area contributed by atoms with Crippen molar-refractivity contribution in [1.82, 2.24) is 15.0 Å². The highest BCUT2D eigenvalue weighted by molar-refractivity contribution is 5.80. The van der Waals surface area contributed by atoms with Crippen LogP contribution in [-0.2, 0) is 12.8 Å². The summed E-state index contributed by atoms with van der Waals surface area (Å²) in [6.45, 7) is 0. The van der Waals surface area contributed by atoms with Crippen LogP contribution in [0.2, 0.25) is 0 Å². The van der Waals surface area contributed by atoms with Crippen molar-refractivity contribution in [2.45, 2.75) is 19.3 Å². The van der Waals surface area contributed by atoms with Gasteiger partial charge in [0.15, 0.2) is 5.65 Å². The lowest BCUT2D eigenvalue weighted by atomic mass is 10.1. The summed E-state index contributed by atoms with van der Waals surface area (Å²) in [7, 11) is 1.58. The SMILES string of the molecule is COc1ccc2c(Oc3ccc4c(c3)CCC4)ncnc2n1. The average Bonchev–Trinajstić information content (AvgIpc) is 3.02. The first-order chi connectivity index (χ1) is 10.8. The van der Waals surface area contributed by atoms with Crippen molar-refractivity contribution in [3.05, 3.63) is 47.8 Å². The number of hydrogen-bond acceptors (Lipinski definition) is 5. The molecule has 0 radical (unpaired) electrons. The predicted octanol–water partition coefficient (Wildman–Crippen LogP) is 3.31. The van der Waals surface area contributed by atoms with Crippen LogP contribution in [0.5, 0.6) is 17.5 Å². The third-order valence-electron chi connectivity index (χ3n) is 3.93. The van der Waals surface area contributed by atoms with E-state index in [-0.39, 0.29) is 0 Å². The fourth-order valence-electron chi connectivity index (χ4n) is 2.82. The molecule has 3 aromatic rings. The molecule has 5 heteroatoms. The van der Waals surface area contributed by atoms with E-state index in [4.69, 9.17) is 9.47 Å². The fraction of sp³-hybridized carbons (Fsp3) is 0.235. The number of pyridine rings is 1. The highest BCUT2D eigenvalue weighted by Gasteiger charge is 2.13. The van der Waals surface area contributed by atoms with Crippen molar-refractivity contribution in [1.29, 1.82) is 0 Å². The van der Waals surface area contributed by atoms with Crippen molar-refractivity contribution in [3.63, 3.8) is 0 Å². The largest absolute Gasteiger partial charge is 0.481 e. The molecule has 0 aliphatic heterocycles. The molecular weight excluding hydrogens is 278 g/mol. The van der Waals surface area contributed by atoms with Crippen LogP contribution in [0.15, 0.2) is 36.7 Å². The van der Waals surface area contributed by atoms with Gasteiger partial charge in [0.25, 0.3) is 0 Å². The Kier molecular flexibility index (Phi) is 3.11. The molecule has 1 aliphatic rings. The van der Waals surface area contributed by atoms with Crippen LogP contribution in [0, 0.1) is 0 Å². The first-order valence-electron chi connectivity index (χ1n) is 7.29. The van der Waals surface area contributed by atoms with E-state index in [1.165, 1.54) is 23.9 Å². The smallest absolute Gasteiger partial charge is 0.231 e. The van der Waals surface area contributed by atoms with E-state index in [9.17, 15) is 0 Å². The number of methoxy groups -OCH3 is 1. The highest BCUT2D eigenvalue weighted by Crippen LogP contribution is 2.30. The Balaban J connectivity index is 1.72. The van der Waals surface area contributed by atoms with Gasteiger partial charge in [-0.2, -0.15) is 4.98 Å². The molecule has 0 bridgehead atoms. The van der Waals surface area contributed by atoms with Crippen LogP contribution in [0.3, 0.4) is 0 Å². The quantitative estimate of drug-likeness (QED) is 0.741. The second-order valence-corrected chi connectivity index (χ2v) is 5.29. The number of hydrogen-bond donors (Lipinski definition) is 0. The summed E-state index contributed by atoms with van der Waals surface area (Å²) in [5.41, 5.74) is 3.35. The van der Waals surface area contributed by atoms with E-state index >= 15 is 0 Å². The minimum atomic E-state index is 0.512. The zero-order valence-corrected chi connectivity index (χ0v) is 12.2. The van der Waals surface area contributed by atoms with Gasteiger partial charge >= 0.3 is 0 Å². The summed E-state index contributed by atoms with van der Waals surface area (Å²) >= 11 is 0. The molecule has 2 heterocycles. The standard InChI is InChI=1S/C17H15N3O2/c1-21-15-8-7-14-16(20-15)18-10-19-17(14)22-13-6-5-11-3-2-4-12(11)9-13/h5-10H,2-4H2,1H3. The molecule has 0 spiro atoms. The maximum Gasteiger partial charge on any atom is 0.231 e. The Labute approximate surface area is 128 Å². The summed E-state index contributed by atoms with van der Waals surface area (Å²) in [5, 5.41) is 0.767. The first kappa shape index (κ1) is 13.0. The Bertz CT molecular complexity index is 848. The normalized spacial score (nSPS) is 13.1. The maximum absolute atomic E-state index is 5.96. The molecule has 5 nitrogen and oxygen atoms in total. The number of aromatic nitrogens is 3. The number of fused-ring (bicyclic) bond motifs is 2. The maximum atomic E-state index is 5.96. The molecule has 0 amide bonds. The van der Waals surface area contributed by atoms with Crippen molar-refractivity contribution in [2.24, 2.45) is 0 Å². The Hall–Kier alpha value is -2.69. The summed E-state index contributed by atoms with van der Waals surface area (Å²) in [5.74, 6) is 1.84. The molecule has 22 heavy (non-hydrogen) atoms. The van der Waals surface area contributed by atoms with E-state index in [0.717, 1.165) is 24.0 Å². The van der Waals surface area contributed by atoms with E-state index in [2.05, 4.69) is 27.1 Å². The van der Waals surface area contributed by atoms with E-state index < -0.39 is 0 Å². The third kappa shape index (κ3) is 2.24. The molecule has 0 N–H and O–H groups in total. The minimum Gasteiger partial charge on any atom is -0.481 e. The van der Waals surface area contributed by atoms with Crippen LogP contribution < -0.4 is 9.47 Å². The second-order valence-electron chi connectivity index (χ2n) is 5.29. The Morgan fingerprint density at radius 2 is 1.91 bits per heavy atom. The van der Waals surface area contributed by atoms with Gasteiger partial charge in [-0.3, -0.25) is 0 Å². The highest BCUT2D eigenvalue weighted by atomic mass is 16.5. The van der Waals surface area contributed by atoms with Gasteiger partial charge < -0.3 is 9.47 Å². The minimum absolute atomic E-state index is 0.512. The summed E-state index contributed by atoms with van der Waals surface area (Å²) < 4.78 is 11.1. The van der Waals surface area contributed by atoms with Crippen molar-refractivity contribution < 1.29 is 9.47 Å². The molecule has 0 unspecified atom stereocenters. The summed E-state index contributed by atoms with van der Waals surface area (Å²) in [6.07, 6.45) is 4.96. The molecule has 0 atom stereocenters. The van der Waals surface area contributed by atoms with Gasteiger partial charge in [-0.05, 0) is 48.6 Å². The van der Waals surface area contributed by atoms with E-state index in [1.54, 1.807) is 13.2 Å². The van der Waals surface area contributed by atoms with Crippen LogP contribution in [0.4, 0.5) is 0 Å². The van der Waals surface area contributed by atoms with Crippen LogP contribution in [0.25, 0.3) is 11.0 Å². The van der Waals surface area contributed by atoms with Crippen LogP contribution in [0.1, 0.15) is 17.5 Å². The fourth-order valence-corrected chi connectivity index (χ4v) is 2.82. The number of aryl methyl sites for hydroxylation is 2. The van der Waals surface area contributed by atoms with Gasteiger partial charge in [0.05, 0.1) is 12.5 Å². The lowest BCUT2D eigenvalue weighted by Gasteiger charge is -2.09. The molecule has 110 valence electrons. The Morgan fingerprint density at radius 1 is 1.00 bits per heavy atom. The predicted molar refractivity (Wildman–Crippen MR) is 82.4 cm³/mol.